The van der Waals surface area contributed by atoms with Crippen molar-refractivity contribution in [2.24, 2.45) is 0 Å². The van der Waals surface area contributed by atoms with Gasteiger partial charge in [-0.2, -0.15) is 5.10 Å². The van der Waals surface area contributed by atoms with E-state index in [-0.39, 0.29) is 22.7 Å². The molecule has 2 heterocycles. The van der Waals surface area contributed by atoms with Gasteiger partial charge in [0.15, 0.2) is 17.3 Å². The Hall–Kier alpha value is -3.35. The van der Waals surface area contributed by atoms with E-state index in [0.717, 1.165) is 11.8 Å². The zero-order chi connectivity index (χ0) is 18.0. The summed E-state index contributed by atoms with van der Waals surface area (Å²) < 4.78 is 20.7. The number of ether oxygens (including phenoxy) is 1. The third-order valence-electron chi connectivity index (χ3n) is 3.68. The van der Waals surface area contributed by atoms with Gasteiger partial charge in [0, 0.05) is 18.0 Å². The van der Waals surface area contributed by atoms with Gasteiger partial charge in [-0.15, -0.1) is 0 Å². The molecule has 0 unspecified atom stereocenters. The fourth-order valence-corrected chi connectivity index (χ4v) is 2.31. The highest BCUT2D eigenvalue weighted by atomic mass is 19.1. The third-order valence-corrected chi connectivity index (χ3v) is 3.68. The maximum absolute atomic E-state index is 14.0. The number of esters is 1. The van der Waals surface area contributed by atoms with Crippen LogP contribution >= 0.6 is 0 Å². The second-order valence-electron chi connectivity index (χ2n) is 5.35. The minimum absolute atomic E-state index is 0.207. The zero-order valence-electron chi connectivity index (χ0n) is 13.6. The van der Waals surface area contributed by atoms with E-state index in [2.05, 4.69) is 10.1 Å². The lowest BCUT2D eigenvalue weighted by Crippen LogP contribution is -2.11. The van der Waals surface area contributed by atoms with Crippen LogP contribution in [-0.2, 0) is 0 Å². The van der Waals surface area contributed by atoms with Crippen molar-refractivity contribution in [3.63, 3.8) is 0 Å². The molecule has 0 saturated heterocycles. The van der Waals surface area contributed by atoms with Gasteiger partial charge in [-0.3, -0.25) is 9.78 Å². The van der Waals surface area contributed by atoms with Gasteiger partial charge >= 0.3 is 5.97 Å². The lowest BCUT2D eigenvalue weighted by atomic mass is 10.1. The third kappa shape index (κ3) is 3.30. The number of carbonyl (C=O) groups is 2. The molecule has 0 bridgehead atoms. The molecule has 0 aliphatic carbocycles. The Balaban J connectivity index is 1.85. The molecule has 2 aromatic heterocycles. The number of ketones is 1. The fourth-order valence-electron chi connectivity index (χ4n) is 2.31. The summed E-state index contributed by atoms with van der Waals surface area (Å²) in [5.74, 6) is -2.02. The first-order valence-corrected chi connectivity index (χ1v) is 7.45. The smallest absolute Gasteiger partial charge is 0.347 e. The quantitative estimate of drug-likeness (QED) is 0.415. The molecular weight excluding hydrogens is 325 g/mol. The van der Waals surface area contributed by atoms with Crippen LogP contribution in [0.1, 0.15) is 33.3 Å². The highest BCUT2D eigenvalue weighted by molar-refractivity contribution is 5.95. The topological polar surface area (TPSA) is 74.1 Å². The Morgan fingerprint density at radius 1 is 1.16 bits per heavy atom. The molecule has 3 aromatic rings. The summed E-state index contributed by atoms with van der Waals surface area (Å²) in [5.41, 5.74) is 1.71. The molecule has 126 valence electrons. The van der Waals surface area contributed by atoms with Crippen LogP contribution in [0.5, 0.6) is 5.75 Å². The lowest BCUT2D eigenvalue weighted by Gasteiger charge is -2.07. The fraction of sp³-hybridized carbons (Fsp3) is 0.111. The zero-order valence-corrected chi connectivity index (χ0v) is 13.6. The van der Waals surface area contributed by atoms with Gasteiger partial charge in [0.25, 0.3) is 0 Å². The molecule has 0 saturated carbocycles. The molecule has 0 amide bonds. The molecule has 0 N–H and O–H groups in total. The standard InChI is InChI=1S/C18H14FN3O3/c1-11-15(10-21-22(11)14-5-7-20-8-6-14)18(24)25-17-4-3-13(12(2)23)9-16(17)19/h3-10H,1-2H3. The summed E-state index contributed by atoms with van der Waals surface area (Å²) >= 11 is 0. The van der Waals surface area contributed by atoms with Crippen LogP contribution in [0.3, 0.4) is 0 Å². The Kier molecular flexibility index (Phi) is 4.38. The summed E-state index contributed by atoms with van der Waals surface area (Å²) in [6.45, 7) is 3.04. The van der Waals surface area contributed by atoms with Gasteiger partial charge in [-0.25, -0.2) is 13.9 Å². The van der Waals surface area contributed by atoms with Crippen molar-refractivity contribution in [3.05, 3.63) is 71.6 Å². The average molecular weight is 339 g/mol. The molecule has 6 nitrogen and oxygen atoms in total. The normalized spacial score (nSPS) is 10.5. The minimum Gasteiger partial charge on any atom is -0.420 e. The number of carbonyl (C=O) groups excluding carboxylic acids is 2. The first kappa shape index (κ1) is 16.5. The molecule has 3 rings (SSSR count). The number of halogens is 1. The molecule has 0 fully saturated rings. The predicted octanol–water partition coefficient (Wildman–Crippen LogP) is 3.14. The van der Waals surface area contributed by atoms with Gasteiger partial charge in [0.05, 0.1) is 17.6 Å². The summed E-state index contributed by atoms with van der Waals surface area (Å²) in [6, 6.07) is 7.19. The van der Waals surface area contributed by atoms with Crippen molar-refractivity contribution in [2.45, 2.75) is 13.8 Å². The van der Waals surface area contributed by atoms with Crippen LogP contribution in [0.2, 0.25) is 0 Å². The summed E-state index contributed by atoms with van der Waals surface area (Å²) in [5, 5.41) is 4.16. The van der Waals surface area contributed by atoms with Crippen molar-refractivity contribution in [3.8, 4) is 11.4 Å². The Bertz CT molecular complexity index is 951. The number of hydrogen-bond acceptors (Lipinski definition) is 5. The molecule has 0 aliphatic heterocycles. The molecule has 25 heavy (non-hydrogen) atoms. The van der Waals surface area contributed by atoms with E-state index in [1.807, 2.05) is 0 Å². The van der Waals surface area contributed by atoms with Crippen LogP contribution in [0.25, 0.3) is 5.69 Å². The van der Waals surface area contributed by atoms with Gasteiger partial charge in [-0.05, 0) is 44.2 Å². The highest BCUT2D eigenvalue weighted by Gasteiger charge is 2.19. The number of hydrogen-bond donors (Lipinski definition) is 0. The van der Waals surface area contributed by atoms with E-state index in [4.69, 9.17) is 4.74 Å². The van der Waals surface area contributed by atoms with E-state index >= 15 is 0 Å². The van der Waals surface area contributed by atoms with Crippen LogP contribution in [-0.4, -0.2) is 26.5 Å². The molecular formula is C18H14FN3O3. The SMILES string of the molecule is CC(=O)c1ccc(OC(=O)c2cnn(-c3ccncc3)c2C)c(F)c1. The lowest BCUT2D eigenvalue weighted by molar-refractivity contribution is 0.0727. The van der Waals surface area contributed by atoms with Crippen LogP contribution in [0.15, 0.2) is 48.9 Å². The first-order valence-electron chi connectivity index (χ1n) is 7.45. The first-order chi connectivity index (χ1) is 12.0. The molecule has 0 atom stereocenters. The number of rotatable bonds is 4. The molecule has 1 aromatic carbocycles. The number of aromatic nitrogens is 3. The van der Waals surface area contributed by atoms with Gasteiger partial charge in [-0.1, -0.05) is 0 Å². The largest absolute Gasteiger partial charge is 0.420 e. The second kappa shape index (κ2) is 6.64. The average Bonchev–Trinajstić information content (AvgIpc) is 2.99. The molecule has 7 heteroatoms. The Morgan fingerprint density at radius 3 is 2.52 bits per heavy atom. The van der Waals surface area contributed by atoms with Crippen molar-refractivity contribution in [1.29, 1.82) is 0 Å². The summed E-state index contributed by atoms with van der Waals surface area (Å²) in [7, 11) is 0. The van der Waals surface area contributed by atoms with E-state index in [9.17, 15) is 14.0 Å². The van der Waals surface area contributed by atoms with Gasteiger partial charge in [0.1, 0.15) is 5.56 Å². The van der Waals surface area contributed by atoms with Gasteiger partial charge in [0.2, 0.25) is 0 Å². The van der Waals surface area contributed by atoms with Crippen molar-refractivity contribution in [2.75, 3.05) is 0 Å². The summed E-state index contributed by atoms with van der Waals surface area (Å²) in [6.07, 6.45) is 4.58. The maximum atomic E-state index is 14.0. The number of benzene rings is 1. The molecule has 0 spiro atoms. The number of nitrogens with zero attached hydrogens (tertiary/aromatic N) is 3. The van der Waals surface area contributed by atoms with Crippen molar-refractivity contribution >= 4 is 11.8 Å². The van der Waals surface area contributed by atoms with Crippen LogP contribution in [0.4, 0.5) is 4.39 Å². The molecule has 0 aliphatic rings. The van der Waals surface area contributed by atoms with E-state index in [1.165, 1.54) is 25.3 Å². The Labute approximate surface area is 142 Å². The second-order valence-corrected chi connectivity index (χ2v) is 5.35. The predicted molar refractivity (Wildman–Crippen MR) is 87.5 cm³/mol. The number of Topliss-reactive ketones (excluding diaryl/α,β-unsaturated/α-hetero) is 1. The monoisotopic (exact) mass is 339 g/mol. The molecule has 0 radical (unpaired) electrons. The van der Waals surface area contributed by atoms with Crippen LogP contribution in [0, 0.1) is 12.7 Å². The maximum Gasteiger partial charge on any atom is 0.347 e. The Morgan fingerprint density at radius 2 is 1.88 bits per heavy atom. The minimum atomic E-state index is -0.778. The van der Waals surface area contributed by atoms with Crippen molar-refractivity contribution in [1.82, 2.24) is 14.8 Å². The van der Waals surface area contributed by atoms with Crippen LogP contribution < -0.4 is 4.74 Å². The van der Waals surface area contributed by atoms with E-state index < -0.39 is 11.8 Å². The van der Waals surface area contributed by atoms with E-state index in [0.29, 0.717) is 5.69 Å². The van der Waals surface area contributed by atoms with Gasteiger partial charge < -0.3 is 4.74 Å². The van der Waals surface area contributed by atoms with Crippen molar-refractivity contribution < 1.29 is 18.7 Å². The summed E-state index contributed by atoms with van der Waals surface area (Å²) in [4.78, 5) is 27.5. The van der Waals surface area contributed by atoms with E-state index in [1.54, 1.807) is 36.1 Å². The number of pyridine rings is 1. The highest BCUT2D eigenvalue weighted by Crippen LogP contribution is 2.21.